The van der Waals surface area contributed by atoms with Gasteiger partial charge in [0.25, 0.3) is 0 Å². The first kappa shape index (κ1) is 18.2. The maximum atomic E-state index is 5.29. The number of methoxy groups -OCH3 is 1. The summed E-state index contributed by atoms with van der Waals surface area (Å²) in [7, 11) is 5.77. The van der Waals surface area contributed by atoms with E-state index in [1.54, 1.807) is 7.11 Å². The second kappa shape index (κ2) is 10.0. The van der Waals surface area contributed by atoms with Crippen LogP contribution < -0.4 is 10.6 Å². The molecule has 0 aromatic rings. The van der Waals surface area contributed by atoms with Crippen molar-refractivity contribution in [3.05, 3.63) is 0 Å². The summed E-state index contributed by atoms with van der Waals surface area (Å²) in [5.74, 6) is 0.920. The average Bonchev–Trinajstić information content (AvgIpc) is 2.97. The molecule has 0 heterocycles. The first-order chi connectivity index (χ1) is 10.2. The Balaban J connectivity index is 2.35. The normalized spacial score (nSPS) is 18.2. The molecule has 5 nitrogen and oxygen atoms in total. The third kappa shape index (κ3) is 6.66. The SMILES string of the molecule is CCN(C)CCNC(=NC)NCC1(CCOC)CCCC1. The van der Waals surface area contributed by atoms with Crippen LogP contribution in [0.2, 0.25) is 0 Å². The minimum absolute atomic E-state index is 0.397. The fraction of sp³-hybridized carbons (Fsp3) is 0.938. The molecule has 0 spiro atoms. The third-order valence-electron chi connectivity index (χ3n) is 4.68. The standard InChI is InChI=1S/C16H34N4O/c1-5-20(3)12-11-18-15(17-2)19-14-16(10-13-21-4)8-6-7-9-16/h5-14H2,1-4H3,(H2,17,18,19). The number of hydrogen-bond donors (Lipinski definition) is 2. The lowest BCUT2D eigenvalue weighted by Gasteiger charge is -2.30. The Hall–Kier alpha value is -0.810. The molecule has 1 fully saturated rings. The number of hydrogen-bond acceptors (Lipinski definition) is 3. The number of nitrogens with one attached hydrogen (secondary N) is 2. The topological polar surface area (TPSA) is 48.9 Å². The highest BCUT2D eigenvalue weighted by molar-refractivity contribution is 5.79. The summed E-state index contributed by atoms with van der Waals surface area (Å²) in [5.41, 5.74) is 0.397. The zero-order chi connectivity index (χ0) is 15.6. The Morgan fingerprint density at radius 3 is 2.57 bits per heavy atom. The van der Waals surface area contributed by atoms with E-state index in [4.69, 9.17) is 4.74 Å². The van der Waals surface area contributed by atoms with Gasteiger partial charge in [-0.1, -0.05) is 19.8 Å². The highest BCUT2D eigenvalue weighted by atomic mass is 16.5. The molecule has 0 aromatic carbocycles. The molecule has 0 amide bonds. The highest BCUT2D eigenvalue weighted by Crippen LogP contribution is 2.40. The Kier molecular flexibility index (Phi) is 8.69. The Bertz CT molecular complexity index is 301. The van der Waals surface area contributed by atoms with Gasteiger partial charge in [-0.05, 0) is 38.3 Å². The van der Waals surface area contributed by atoms with E-state index >= 15 is 0 Å². The average molecular weight is 298 g/mol. The molecule has 5 heteroatoms. The molecule has 0 aromatic heterocycles. The Morgan fingerprint density at radius 2 is 2.00 bits per heavy atom. The van der Waals surface area contributed by atoms with Crippen molar-refractivity contribution in [2.75, 3.05) is 54.0 Å². The van der Waals surface area contributed by atoms with Crippen LogP contribution in [0, 0.1) is 5.41 Å². The first-order valence-electron chi connectivity index (χ1n) is 8.28. The second-order valence-corrected chi connectivity index (χ2v) is 6.20. The van der Waals surface area contributed by atoms with E-state index in [1.807, 2.05) is 7.05 Å². The molecule has 0 atom stereocenters. The molecule has 1 saturated carbocycles. The molecule has 1 aliphatic rings. The fourth-order valence-electron chi connectivity index (χ4n) is 2.97. The first-order valence-corrected chi connectivity index (χ1v) is 8.28. The van der Waals surface area contributed by atoms with Crippen molar-refractivity contribution < 1.29 is 4.74 Å². The Morgan fingerprint density at radius 1 is 1.29 bits per heavy atom. The van der Waals surface area contributed by atoms with Crippen LogP contribution in [0.4, 0.5) is 0 Å². The van der Waals surface area contributed by atoms with Gasteiger partial charge in [-0.2, -0.15) is 0 Å². The van der Waals surface area contributed by atoms with Gasteiger partial charge in [0.1, 0.15) is 0 Å². The van der Waals surface area contributed by atoms with Gasteiger partial charge in [0.15, 0.2) is 5.96 Å². The van der Waals surface area contributed by atoms with Gasteiger partial charge in [-0.25, -0.2) is 0 Å². The molecule has 0 saturated heterocycles. The van der Waals surface area contributed by atoms with E-state index in [9.17, 15) is 0 Å². The van der Waals surface area contributed by atoms with Crippen LogP contribution in [-0.2, 0) is 4.74 Å². The largest absolute Gasteiger partial charge is 0.385 e. The monoisotopic (exact) mass is 298 g/mol. The van der Waals surface area contributed by atoms with Crippen LogP contribution >= 0.6 is 0 Å². The second-order valence-electron chi connectivity index (χ2n) is 6.20. The predicted octanol–water partition coefficient (Wildman–Crippen LogP) is 1.70. The molecule has 1 aliphatic carbocycles. The maximum absolute atomic E-state index is 5.29. The van der Waals surface area contributed by atoms with Crippen molar-refractivity contribution in [1.82, 2.24) is 15.5 Å². The molecule has 0 bridgehead atoms. The minimum atomic E-state index is 0.397. The van der Waals surface area contributed by atoms with Gasteiger partial charge < -0.3 is 20.3 Å². The molecule has 2 N–H and O–H groups in total. The number of rotatable bonds is 9. The lowest BCUT2D eigenvalue weighted by Crippen LogP contribution is -2.45. The van der Waals surface area contributed by atoms with Crippen LogP contribution in [-0.4, -0.2) is 64.9 Å². The smallest absolute Gasteiger partial charge is 0.191 e. The lowest BCUT2D eigenvalue weighted by molar-refractivity contribution is 0.138. The quantitative estimate of drug-likeness (QED) is 0.502. The van der Waals surface area contributed by atoms with Gasteiger partial charge in [0, 0.05) is 40.4 Å². The summed E-state index contributed by atoms with van der Waals surface area (Å²) in [6.45, 7) is 7.07. The third-order valence-corrected chi connectivity index (χ3v) is 4.68. The molecule has 124 valence electrons. The molecule has 0 aliphatic heterocycles. The van der Waals surface area contributed by atoms with Crippen molar-refractivity contribution in [2.24, 2.45) is 10.4 Å². The predicted molar refractivity (Wildman–Crippen MR) is 89.9 cm³/mol. The summed E-state index contributed by atoms with van der Waals surface area (Å²) < 4.78 is 5.29. The van der Waals surface area contributed by atoms with Crippen LogP contribution in [0.5, 0.6) is 0 Å². The van der Waals surface area contributed by atoms with E-state index < -0.39 is 0 Å². The van der Waals surface area contributed by atoms with E-state index in [0.717, 1.165) is 45.2 Å². The summed E-state index contributed by atoms with van der Waals surface area (Å²) in [6.07, 6.45) is 6.45. The summed E-state index contributed by atoms with van der Waals surface area (Å²) in [4.78, 5) is 6.62. The van der Waals surface area contributed by atoms with E-state index in [2.05, 4.69) is 34.5 Å². The number of nitrogens with zero attached hydrogens (tertiary/aromatic N) is 2. The van der Waals surface area contributed by atoms with Gasteiger partial charge in [0.05, 0.1) is 0 Å². The van der Waals surface area contributed by atoms with Gasteiger partial charge in [0.2, 0.25) is 0 Å². The van der Waals surface area contributed by atoms with Gasteiger partial charge in [-0.3, -0.25) is 4.99 Å². The zero-order valence-electron chi connectivity index (χ0n) is 14.4. The van der Waals surface area contributed by atoms with Crippen molar-refractivity contribution in [3.8, 4) is 0 Å². The van der Waals surface area contributed by atoms with Crippen molar-refractivity contribution in [2.45, 2.75) is 39.0 Å². The summed E-state index contributed by atoms with van der Waals surface area (Å²) >= 11 is 0. The molecular formula is C16H34N4O. The van der Waals surface area contributed by atoms with Crippen molar-refractivity contribution in [3.63, 3.8) is 0 Å². The van der Waals surface area contributed by atoms with E-state index in [1.165, 1.54) is 25.7 Å². The molecule has 0 radical (unpaired) electrons. The zero-order valence-corrected chi connectivity index (χ0v) is 14.4. The van der Waals surface area contributed by atoms with Crippen molar-refractivity contribution in [1.29, 1.82) is 0 Å². The summed E-state index contributed by atoms with van der Waals surface area (Å²) in [6, 6.07) is 0. The Labute approximate surface area is 130 Å². The van der Waals surface area contributed by atoms with Gasteiger partial charge >= 0.3 is 0 Å². The van der Waals surface area contributed by atoms with Crippen LogP contribution in [0.25, 0.3) is 0 Å². The minimum Gasteiger partial charge on any atom is -0.385 e. The van der Waals surface area contributed by atoms with Crippen LogP contribution in [0.1, 0.15) is 39.0 Å². The lowest BCUT2D eigenvalue weighted by atomic mass is 9.83. The number of aliphatic imine (C=N–C) groups is 1. The number of guanidine groups is 1. The van der Waals surface area contributed by atoms with Crippen molar-refractivity contribution >= 4 is 5.96 Å². The maximum Gasteiger partial charge on any atom is 0.191 e. The summed E-state index contributed by atoms with van der Waals surface area (Å²) in [5, 5.41) is 6.92. The number of ether oxygens (including phenoxy) is 1. The van der Waals surface area contributed by atoms with E-state index in [0.29, 0.717) is 5.41 Å². The molecule has 21 heavy (non-hydrogen) atoms. The molecular weight excluding hydrogens is 264 g/mol. The molecule has 0 unspecified atom stereocenters. The van der Waals surface area contributed by atoms with Crippen LogP contribution in [0.3, 0.4) is 0 Å². The molecule has 1 rings (SSSR count). The van der Waals surface area contributed by atoms with Gasteiger partial charge in [-0.15, -0.1) is 0 Å². The fourth-order valence-corrected chi connectivity index (χ4v) is 2.97. The van der Waals surface area contributed by atoms with E-state index in [-0.39, 0.29) is 0 Å². The number of likely N-dealkylation sites (N-methyl/N-ethyl adjacent to an activating group) is 1. The van der Waals surface area contributed by atoms with Crippen LogP contribution in [0.15, 0.2) is 4.99 Å². The highest BCUT2D eigenvalue weighted by Gasteiger charge is 2.33.